The third-order valence-electron chi connectivity index (χ3n) is 4.30. The average molecular weight is 360 g/mol. The Morgan fingerprint density at radius 1 is 0.926 bits per heavy atom. The molecule has 0 saturated heterocycles. The van der Waals surface area contributed by atoms with E-state index in [1.807, 2.05) is 79.7 Å². The molecule has 0 radical (unpaired) electrons. The molecule has 0 aromatic heterocycles. The molecule has 4 nitrogen and oxygen atoms in total. The standard InChI is InChI=1S/C23H24N2O2/c1-3-18-11-9-10-17(2)23(18)25-22(26)16-24-20-14-7-8-15-21(20)27-19-12-5-4-6-13-19/h4-15,24H,3,16H2,1-2H3,(H,25,26). The van der Waals surface area contributed by atoms with Crippen molar-refractivity contribution < 1.29 is 9.53 Å². The van der Waals surface area contributed by atoms with Crippen LogP contribution >= 0.6 is 0 Å². The molecule has 3 aromatic rings. The number of nitrogens with one attached hydrogen (secondary N) is 2. The highest BCUT2D eigenvalue weighted by Gasteiger charge is 2.10. The minimum atomic E-state index is -0.0893. The Labute approximate surface area is 160 Å². The molecule has 4 heteroatoms. The van der Waals surface area contributed by atoms with E-state index in [0.29, 0.717) is 5.75 Å². The summed E-state index contributed by atoms with van der Waals surface area (Å²) >= 11 is 0. The number of anilines is 2. The number of carbonyl (C=O) groups excluding carboxylic acids is 1. The Bertz CT molecular complexity index is 907. The van der Waals surface area contributed by atoms with Crippen molar-refractivity contribution in [3.8, 4) is 11.5 Å². The smallest absolute Gasteiger partial charge is 0.243 e. The van der Waals surface area contributed by atoms with E-state index in [2.05, 4.69) is 17.6 Å². The molecule has 0 spiro atoms. The van der Waals surface area contributed by atoms with Gasteiger partial charge in [0.15, 0.2) is 5.75 Å². The Balaban J connectivity index is 1.66. The first kappa shape index (κ1) is 18.5. The van der Waals surface area contributed by atoms with E-state index in [4.69, 9.17) is 4.74 Å². The first-order chi connectivity index (χ1) is 13.2. The van der Waals surface area contributed by atoms with Gasteiger partial charge in [-0.2, -0.15) is 0 Å². The molecule has 0 bridgehead atoms. The number of para-hydroxylation sites is 4. The van der Waals surface area contributed by atoms with Crippen molar-refractivity contribution in [2.75, 3.05) is 17.2 Å². The number of aryl methyl sites for hydroxylation is 2. The highest BCUT2D eigenvalue weighted by molar-refractivity contribution is 5.95. The van der Waals surface area contributed by atoms with Gasteiger partial charge >= 0.3 is 0 Å². The van der Waals surface area contributed by atoms with Crippen molar-refractivity contribution in [2.24, 2.45) is 0 Å². The number of hydrogen-bond donors (Lipinski definition) is 2. The summed E-state index contributed by atoms with van der Waals surface area (Å²) in [6, 6.07) is 23.2. The molecule has 0 unspecified atom stereocenters. The maximum atomic E-state index is 12.5. The summed E-state index contributed by atoms with van der Waals surface area (Å²) in [4.78, 5) is 12.5. The molecule has 1 amide bonds. The number of carbonyl (C=O) groups is 1. The SMILES string of the molecule is CCc1cccc(C)c1NC(=O)CNc1ccccc1Oc1ccccc1. The first-order valence-electron chi connectivity index (χ1n) is 9.11. The zero-order chi connectivity index (χ0) is 19.1. The van der Waals surface area contributed by atoms with Crippen LogP contribution in [-0.4, -0.2) is 12.5 Å². The van der Waals surface area contributed by atoms with Gasteiger partial charge in [-0.25, -0.2) is 0 Å². The normalized spacial score (nSPS) is 10.3. The maximum absolute atomic E-state index is 12.5. The zero-order valence-electron chi connectivity index (χ0n) is 15.7. The zero-order valence-corrected chi connectivity index (χ0v) is 15.7. The maximum Gasteiger partial charge on any atom is 0.243 e. The lowest BCUT2D eigenvalue weighted by atomic mass is 10.1. The van der Waals surface area contributed by atoms with E-state index in [0.717, 1.165) is 34.7 Å². The predicted octanol–water partition coefficient (Wildman–Crippen LogP) is 5.40. The van der Waals surface area contributed by atoms with Crippen LogP contribution in [0.4, 0.5) is 11.4 Å². The van der Waals surface area contributed by atoms with Crippen LogP contribution < -0.4 is 15.4 Å². The van der Waals surface area contributed by atoms with E-state index in [1.54, 1.807) is 0 Å². The third kappa shape index (κ3) is 4.88. The van der Waals surface area contributed by atoms with E-state index in [1.165, 1.54) is 0 Å². The van der Waals surface area contributed by atoms with Gasteiger partial charge in [0.2, 0.25) is 5.91 Å². The summed E-state index contributed by atoms with van der Waals surface area (Å²) in [5.41, 5.74) is 3.88. The molecular formula is C23H24N2O2. The van der Waals surface area contributed by atoms with Gasteiger partial charge in [-0.15, -0.1) is 0 Å². The monoisotopic (exact) mass is 360 g/mol. The van der Waals surface area contributed by atoms with Gasteiger partial charge in [0, 0.05) is 5.69 Å². The Kier molecular flexibility index (Phi) is 6.10. The molecule has 0 saturated carbocycles. The van der Waals surface area contributed by atoms with Crippen LogP contribution in [-0.2, 0) is 11.2 Å². The van der Waals surface area contributed by atoms with Crippen LogP contribution in [0.5, 0.6) is 11.5 Å². The summed E-state index contributed by atoms with van der Waals surface area (Å²) in [5, 5.41) is 6.20. The van der Waals surface area contributed by atoms with Crippen LogP contribution in [0.1, 0.15) is 18.1 Å². The first-order valence-corrected chi connectivity index (χ1v) is 9.11. The molecule has 3 aromatic carbocycles. The molecule has 0 aliphatic rings. The van der Waals surface area contributed by atoms with Gasteiger partial charge in [0.25, 0.3) is 0 Å². The Hall–Kier alpha value is -3.27. The lowest BCUT2D eigenvalue weighted by Gasteiger charge is -2.15. The fraction of sp³-hybridized carbons (Fsp3) is 0.174. The van der Waals surface area contributed by atoms with Gasteiger partial charge < -0.3 is 15.4 Å². The van der Waals surface area contributed by atoms with Crippen molar-refractivity contribution in [3.05, 3.63) is 83.9 Å². The van der Waals surface area contributed by atoms with Gasteiger partial charge in [-0.05, 0) is 48.7 Å². The van der Waals surface area contributed by atoms with Crippen molar-refractivity contribution >= 4 is 17.3 Å². The number of amides is 1. The lowest BCUT2D eigenvalue weighted by Crippen LogP contribution is -2.23. The molecule has 138 valence electrons. The van der Waals surface area contributed by atoms with Crippen LogP contribution in [0.2, 0.25) is 0 Å². The van der Waals surface area contributed by atoms with Crippen LogP contribution in [0.15, 0.2) is 72.8 Å². The molecule has 0 heterocycles. The number of benzene rings is 3. The van der Waals surface area contributed by atoms with E-state index < -0.39 is 0 Å². The summed E-state index contributed by atoms with van der Waals surface area (Å²) in [7, 11) is 0. The molecular weight excluding hydrogens is 336 g/mol. The Morgan fingerprint density at radius 2 is 1.67 bits per heavy atom. The molecule has 3 rings (SSSR count). The van der Waals surface area contributed by atoms with Gasteiger partial charge in [-0.3, -0.25) is 4.79 Å². The summed E-state index contributed by atoms with van der Waals surface area (Å²) in [6.45, 7) is 4.25. The second-order valence-corrected chi connectivity index (χ2v) is 6.28. The van der Waals surface area contributed by atoms with Crippen molar-refractivity contribution in [2.45, 2.75) is 20.3 Å². The summed E-state index contributed by atoms with van der Waals surface area (Å²) in [6.07, 6.45) is 0.873. The highest BCUT2D eigenvalue weighted by Crippen LogP contribution is 2.29. The van der Waals surface area contributed by atoms with E-state index >= 15 is 0 Å². The fourth-order valence-corrected chi connectivity index (χ4v) is 2.88. The fourth-order valence-electron chi connectivity index (χ4n) is 2.88. The molecule has 0 aliphatic heterocycles. The number of hydrogen-bond acceptors (Lipinski definition) is 3. The second kappa shape index (κ2) is 8.90. The molecule has 2 N–H and O–H groups in total. The van der Waals surface area contributed by atoms with Crippen molar-refractivity contribution in [1.82, 2.24) is 0 Å². The molecule has 0 fully saturated rings. The predicted molar refractivity (Wildman–Crippen MR) is 111 cm³/mol. The van der Waals surface area contributed by atoms with Crippen LogP contribution in [0, 0.1) is 6.92 Å². The topological polar surface area (TPSA) is 50.4 Å². The highest BCUT2D eigenvalue weighted by atomic mass is 16.5. The third-order valence-corrected chi connectivity index (χ3v) is 4.30. The molecule has 27 heavy (non-hydrogen) atoms. The lowest BCUT2D eigenvalue weighted by molar-refractivity contribution is -0.114. The summed E-state index contributed by atoms with van der Waals surface area (Å²) in [5.74, 6) is 1.35. The van der Waals surface area contributed by atoms with Gasteiger partial charge in [0.1, 0.15) is 5.75 Å². The largest absolute Gasteiger partial charge is 0.455 e. The van der Waals surface area contributed by atoms with Gasteiger partial charge in [-0.1, -0.05) is 55.5 Å². The van der Waals surface area contributed by atoms with Crippen LogP contribution in [0.25, 0.3) is 0 Å². The minimum Gasteiger partial charge on any atom is -0.455 e. The Morgan fingerprint density at radius 3 is 2.44 bits per heavy atom. The second-order valence-electron chi connectivity index (χ2n) is 6.28. The van der Waals surface area contributed by atoms with Crippen molar-refractivity contribution in [1.29, 1.82) is 0 Å². The van der Waals surface area contributed by atoms with E-state index in [-0.39, 0.29) is 12.5 Å². The molecule has 0 atom stereocenters. The van der Waals surface area contributed by atoms with Crippen LogP contribution in [0.3, 0.4) is 0 Å². The van der Waals surface area contributed by atoms with Gasteiger partial charge in [0.05, 0.1) is 12.2 Å². The number of ether oxygens (including phenoxy) is 1. The minimum absolute atomic E-state index is 0.0893. The number of rotatable bonds is 7. The van der Waals surface area contributed by atoms with E-state index in [9.17, 15) is 4.79 Å². The summed E-state index contributed by atoms with van der Waals surface area (Å²) < 4.78 is 5.92. The quantitative estimate of drug-likeness (QED) is 0.593. The molecule has 0 aliphatic carbocycles. The van der Waals surface area contributed by atoms with Crippen molar-refractivity contribution in [3.63, 3.8) is 0 Å². The average Bonchev–Trinajstić information content (AvgIpc) is 2.69.